The summed E-state index contributed by atoms with van der Waals surface area (Å²) >= 11 is 2.73. The minimum absolute atomic E-state index is 0.000530. The highest BCUT2D eigenvalue weighted by Gasteiger charge is 2.51. The molecule has 0 unspecified atom stereocenters. The Kier molecular flexibility index (Phi) is 9.30. The summed E-state index contributed by atoms with van der Waals surface area (Å²) in [7, 11) is 1.48. The van der Waals surface area contributed by atoms with Gasteiger partial charge in [0.15, 0.2) is 16.0 Å². The average Bonchev–Trinajstić information content (AvgIpc) is 3.33. The SMILES string of the molecule is Cn1nc(OCOC(=O)C(C)(C)C)c(=O)nc1SCC1=C(C(=O)O)N2C[C@@H](NC(=O)C(=NO)c3csc(N)n3)[C@@H]2C(=O)S1. The predicted octanol–water partition coefficient (Wildman–Crippen LogP) is -0.151. The van der Waals surface area contributed by atoms with Crippen molar-refractivity contribution in [3.63, 3.8) is 0 Å². The number of esters is 1. The lowest BCUT2D eigenvalue weighted by Crippen LogP contribution is -2.70. The third-order valence-corrected chi connectivity index (χ3v) is 8.88. The van der Waals surface area contributed by atoms with E-state index in [1.165, 1.54) is 22.0 Å². The van der Waals surface area contributed by atoms with Crippen molar-refractivity contribution >= 4 is 68.7 Å². The van der Waals surface area contributed by atoms with Gasteiger partial charge in [-0.25, -0.2) is 14.5 Å². The number of hydrogen-bond acceptors (Lipinski definition) is 17. The van der Waals surface area contributed by atoms with E-state index in [2.05, 4.69) is 25.5 Å². The van der Waals surface area contributed by atoms with Gasteiger partial charge in [0.2, 0.25) is 11.9 Å². The zero-order valence-electron chi connectivity index (χ0n) is 23.1. The average molecular weight is 655 g/mol. The number of nitrogens with one attached hydrogen (secondary N) is 1. The van der Waals surface area contributed by atoms with Crippen molar-refractivity contribution in [1.29, 1.82) is 0 Å². The van der Waals surface area contributed by atoms with Crippen molar-refractivity contribution in [3.05, 3.63) is 32.0 Å². The highest BCUT2D eigenvalue weighted by atomic mass is 32.2. The van der Waals surface area contributed by atoms with Gasteiger partial charge in [-0.2, -0.15) is 4.98 Å². The number of fused-ring (bicyclic) bond motifs is 1. The lowest BCUT2D eigenvalue weighted by molar-refractivity contribution is -0.160. The second kappa shape index (κ2) is 12.6. The summed E-state index contributed by atoms with van der Waals surface area (Å²) in [5, 5.41) is 30.1. The number of carboxylic acids is 1. The van der Waals surface area contributed by atoms with Gasteiger partial charge in [-0.05, 0) is 20.8 Å². The number of nitrogen functional groups attached to an aromatic ring is 1. The number of anilines is 1. The molecular weight excluding hydrogens is 629 g/mol. The first-order valence-corrected chi connectivity index (χ1v) is 15.0. The van der Waals surface area contributed by atoms with Crippen LogP contribution in [0.3, 0.4) is 0 Å². The van der Waals surface area contributed by atoms with Gasteiger partial charge in [0.25, 0.3) is 5.91 Å². The number of thiazole rings is 1. The molecule has 4 rings (SSSR count). The zero-order chi connectivity index (χ0) is 31.6. The van der Waals surface area contributed by atoms with E-state index in [9.17, 15) is 34.3 Å². The topological polar surface area (TPSA) is 242 Å². The van der Waals surface area contributed by atoms with Crippen LogP contribution in [0.15, 0.2) is 31.1 Å². The maximum Gasteiger partial charge on any atom is 0.353 e. The summed E-state index contributed by atoms with van der Waals surface area (Å²) in [5.41, 5.74) is 3.50. The number of oxime groups is 1. The molecule has 0 spiro atoms. The minimum atomic E-state index is -1.28. The van der Waals surface area contributed by atoms with Crippen LogP contribution in [0.4, 0.5) is 5.13 Å². The third-order valence-electron chi connectivity index (χ3n) is 5.95. The first-order chi connectivity index (χ1) is 20.2. The van der Waals surface area contributed by atoms with Crippen molar-refractivity contribution < 1.29 is 39.0 Å². The Morgan fingerprint density at radius 3 is 2.60 bits per heavy atom. The van der Waals surface area contributed by atoms with Crippen molar-refractivity contribution in [2.45, 2.75) is 38.0 Å². The number of aromatic nitrogens is 4. The molecule has 2 aromatic rings. The number of aliphatic carboxylic acids is 1. The lowest BCUT2D eigenvalue weighted by atomic mass is 9.95. The molecule has 0 saturated carbocycles. The summed E-state index contributed by atoms with van der Waals surface area (Å²) in [6.07, 6.45) is 0. The van der Waals surface area contributed by atoms with Gasteiger partial charge < -0.3 is 35.7 Å². The monoisotopic (exact) mass is 654 g/mol. The maximum absolute atomic E-state index is 13.0. The third kappa shape index (κ3) is 6.91. The number of carboxylic acid groups (broad SMARTS) is 1. The summed E-state index contributed by atoms with van der Waals surface area (Å²) in [6.45, 7) is 4.45. The van der Waals surface area contributed by atoms with Gasteiger partial charge in [0.1, 0.15) is 17.4 Å². The number of ether oxygens (including phenoxy) is 2. The van der Waals surface area contributed by atoms with Crippen LogP contribution < -0.4 is 21.3 Å². The van der Waals surface area contributed by atoms with Gasteiger partial charge in [0.05, 0.1) is 11.5 Å². The highest BCUT2D eigenvalue weighted by molar-refractivity contribution is 8.18. The normalized spacial score (nSPS) is 18.6. The quantitative estimate of drug-likeness (QED) is 0.0650. The number of hydrogen-bond donors (Lipinski definition) is 4. The van der Waals surface area contributed by atoms with Gasteiger partial charge in [-0.1, -0.05) is 28.7 Å². The van der Waals surface area contributed by atoms with E-state index in [0.717, 1.165) is 23.1 Å². The molecule has 0 aromatic carbocycles. The van der Waals surface area contributed by atoms with Crippen LogP contribution in [0.25, 0.3) is 0 Å². The molecule has 4 heterocycles. The van der Waals surface area contributed by atoms with E-state index in [0.29, 0.717) is 11.8 Å². The second-order valence-corrected chi connectivity index (χ2v) is 13.0. The van der Waals surface area contributed by atoms with Crippen molar-refractivity contribution in [1.82, 2.24) is 30.0 Å². The minimum Gasteiger partial charge on any atom is -0.477 e. The Balaban J connectivity index is 1.42. The molecule has 43 heavy (non-hydrogen) atoms. The molecule has 5 N–H and O–H groups in total. The van der Waals surface area contributed by atoms with E-state index in [1.807, 2.05) is 0 Å². The molecule has 1 saturated heterocycles. The molecule has 1 fully saturated rings. The van der Waals surface area contributed by atoms with Crippen molar-refractivity contribution in [3.8, 4) is 5.88 Å². The standard InChI is InChI=1S/C23H26N8O9S3/c1-23(2,3)20(37)40-8-39-17-16(33)27-22(30(4)28-17)42-7-11-14(18(34)35)31-5-9(13(31)19(36)43-11)25-15(32)12(29-38)10-6-41-21(24)26-10/h6,9,13,38H,5,7-8H2,1-4H3,(H2,24,26)(H,25,32)(H,34,35)/t9-,13-/m1/s1. The molecule has 2 atom stereocenters. The molecular formula is C23H26N8O9S3. The van der Waals surface area contributed by atoms with Crippen LogP contribution in [0.1, 0.15) is 26.5 Å². The Labute approximate surface area is 255 Å². The Bertz CT molecular complexity index is 1600. The van der Waals surface area contributed by atoms with Gasteiger partial charge >= 0.3 is 23.4 Å². The summed E-state index contributed by atoms with van der Waals surface area (Å²) in [6, 6.07) is -1.73. The summed E-state index contributed by atoms with van der Waals surface area (Å²) < 4.78 is 11.4. The molecule has 1 amide bonds. The Morgan fingerprint density at radius 2 is 2.00 bits per heavy atom. The zero-order valence-corrected chi connectivity index (χ0v) is 25.5. The Morgan fingerprint density at radius 1 is 1.28 bits per heavy atom. The number of amides is 1. The molecule has 0 aliphatic carbocycles. The van der Waals surface area contributed by atoms with Gasteiger partial charge in [-0.15, -0.1) is 16.4 Å². The lowest BCUT2D eigenvalue weighted by Gasteiger charge is -2.50. The van der Waals surface area contributed by atoms with Crippen LogP contribution in [0, 0.1) is 5.41 Å². The molecule has 0 bridgehead atoms. The van der Waals surface area contributed by atoms with E-state index < -0.39 is 64.4 Å². The highest BCUT2D eigenvalue weighted by Crippen LogP contribution is 2.41. The molecule has 17 nitrogen and oxygen atoms in total. The maximum atomic E-state index is 13.0. The number of nitrogens with zero attached hydrogens (tertiary/aromatic N) is 6. The first kappa shape index (κ1) is 31.8. The fourth-order valence-corrected chi connectivity index (χ4v) is 6.55. The number of nitrogens with two attached hydrogens (primary N) is 1. The molecule has 0 radical (unpaired) electrons. The smallest absolute Gasteiger partial charge is 0.353 e. The van der Waals surface area contributed by atoms with Crippen LogP contribution in [0.2, 0.25) is 0 Å². The van der Waals surface area contributed by atoms with Gasteiger partial charge in [0, 0.05) is 29.6 Å². The van der Waals surface area contributed by atoms with E-state index in [-0.39, 0.29) is 38.9 Å². The summed E-state index contributed by atoms with van der Waals surface area (Å²) in [5.74, 6) is -3.05. The second-order valence-electron chi connectivity index (χ2n) is 10.1. The number of aryl methyl sites for hydroxylation is 1. The van der Waals surface area contributed by atoms with Crippen LogP contribution >= 0.6 is 34.9 Å². The fraction of sp³-hybridized carbons (Fsp3) is 0.435. The predicted molar refractivity (Wildman–Crippen MR) is 154 cm³/mol. The van der Waals surface area contributed by atoms with E-state index in [1.54, 1.807) is 20.8 Å². The van der Waals surface area contributed by atoms with Crippen molar-refractivity contribution in [2.75, 3.05) is 24.8 Å². The van der Waals surface area contributed by atoms with Crippen LogP contribution in [-0.4, -0.2) is 94.8 Å². The summed E-state index contributed by atoms with van der Waals surface area (Å²) in [4.78, 5) is 71.6. The number of carbonyl (C=O) groups excluding carboxylic acids is 3. The van der Waals surface area contributed by atoms with Crippen molar-refractivity contribution in [2.24, 2.45) is 17.6 Å². The number of carbonyl (C=O) groups is 4. The van der Waals surface area contributed by atoms with Crippen LogP contribution in [-0.2, 0) is 31.0 Å². The van der Waals surface area contributed by atoms with Crippen LogP contribution in [0.5, 0.6) is 5.88 Å². The largest absolute Gasteiger partial charge is 0.477 e. The molecule has 2 aliphatic rings. The Hall–Kier alpha value is -4.17. The number of thioether (sulfide) groups is 2. The molecule has 2 aromatic heterocycles. The first-order valence-electron chi connectivity index (χ1n) is 12.3. The molecule has 230 valence electrons. The molecule has 20 heteroatoms. The number of rotatable bonds is 10. The van der Waals surface area contributed by atoms with E-state index in [4.69, 9.17) is 15.2 Å². The fourth-order valence-electron chi connectivity index (χ4n) is 3.86. The van der Waals surface area contributed by atoms with E-state index >= 15 is 0 Å². The van der Waals surface area contributed by atoms with Gasteiger partial charge in [-0.3, -0.25) is 19.2 Å². The molecule has 2 aliphatic heterocycles.